The minimum absolute atomic E-state index is 0.144. The molecule has 112 valence electrons. The van der Waals surface area contributed by atoms with Crippen molar-refractivity contribution in [2.75, 3.05) is 6.54 Å². The predicted octanol–water partition coefficient (Wildman–Crippen LogP) is 4.31. The molecule has 0 amide bonds. The Bertz CT molecular complexity index is 625. The van der Waals surface area contributed by atoms with Crippen molar-refractivity contribution >= 4 is 0 Å². The number of rotatable bonds is 5. The first kappa shape index (κ1) is 15.6. The van der Waals surface area contributed by atoms with Gasteiger partial charge in [-0.2, -0.15) is 0 Å². The highest BCUT2D eigenvalue weighted by atomic mass is 19.2. The molecule has 0 bridgehead atoms. The van der Waals surface area contributed by atoms with Gasteiger partial charge in [-0.1, -0.05) is 19.1 Å². The van der Waals surface area contributed by atoms with Crippen LogP contribution in [0.5, 0.6) is 0 Å². The minimum Gasteiger partial charge on any atom is -0.310 e. The highest BCUT2D eigenvalue weighted by molar-refractivity contribution is 5.30. The van der Waals surface area contributed by atoms with E-state index in [0.29, 0.717) is 18.5 Å². The van der Waals surface area contributed by atoms with E-state index in [-0.39, 0.29) is 11.9 Å². The Balaban J connectivity index is 2.28. The van der Waals surface area contributed by atoms with Gasteiger partial charge in [-0.25, -0.2) is 13.2 Å². The van der Waals surface area contributed by atoms with Crippen LogP contribution in [0.4, 0.5) is 13.2 Å². The van der Waals surface area contributed by atoms with Gasteiger partial charge in [0, 0.05) is 6.04 Å². The van der Waals surface area contributed by atoms with Gasteiger partial charge in [0.15, 0.2) is 11.6 Å². The van der Waals surface area contributed by atoms with E-state index in [1.807, 2.05) is 13.8 Å². The second kappa shape index (κ2) is 6.76. The summed E-state index contributed by atoms with van der Waals surface area (Å²) >= 11 is 0. The van der Waals surface area contributed by atoms with Crippen molar-refractivity contribution in [3.8, 4) is 0 Å². The molecule has 0 radical (unpaired) electrons. The second-order valence-electron chi connectivity index (χ2n) is 5.06. The molecule has 0 aliphatic rings. The number of likely N-dealkylation sites (N-methyl/N-ethyl adjacent to an activating group) is 1. The summed E-state index contributed by atoms with van der Waals surface area (Å²) in [7, 11) is 0. The molecule has 0 aromatic heterocycles. The van der Waals surface area contributed by atoms with Crippen molar-refractivity contribution in [2.24, 2.45) is 0 Å². The van der Waals surface area contributed by atoms with Crippen LogP contribution in [0, 0.1) is 24.4 Å². The molecule has 1 N–H and O–H groups in total. The topological polar surface area (TPSA) is 12.0 Å². The van der Waals surface area contributed by atoms with Crippen LogP contribution < -0.4 is 5.32 Å². The van der Waals surface area contributed by atoms with Crippen LogP contribution in [0.2, 0.25) is 0 Å². The van der Waals surface area contributed by atoms with Crippen LogP contribution in [0.15, 0.2) is 36.4 Å². The van der Waals surface area contributed by atoms with E-state index in [1.54, 1.807) is 12.1 Å². The molecule has 0 saturated carbocycles. The summed E-state index contributed by atoms with van der Waals surface area (Å²) in [4.78, 5) is 0. The molecule has 2 aromatic carbocycles. The van der Waals surface area contributed by atoms with Crippen LogP contribution in [0.25, 0.3) is 0 Å². The molecule has 0 aliphatic carbocycles. The number of nitrogens with one attached hydrogen (secondary N) is 1. The predicted molar refractivity (Wildman–Crippen MR) is 77.6 cm³/mol. The zero-order valence-electron chi connectivity index (χ0n) is 12.1. The first-order chi connectivity index (χ1) is 10.0. The standard InChI is InChI=1S/C17H18F3N/c1-3-21-17(13-5-7-15(19)16(20)9-13)10-12-4-6-14(18)8-11(12)2/h4-9,17,21H,3,10H2,1-2H3. The Morgan fingerprint density at radius 3 is 2.38 bits per heavy atom. The molecule has 0 heterocycles. The fraction of sp³-hybridized carbons (Fsp3) is 0.294. The van der Waals surface area contributed by atoms with Gasteiger partial charge in [-0.15, -0.1) is 0 Å². The number of benzene rings is 2. The van der Waals surface area contributed by atoms with Gasteiger partial charge in [-0.3, -0.25) is 0 Å². The minimum atomic E-state index is -0.855. The van der Waals surface area contributed by atoms with Gasteiger partial charge in [0.1, 0.15) is 5.82 Å². The highest BCUT2D eigenvalue weighted by Gasteiger charge is 2.15. The molecule has 0 aliphatic heterocycles. The van der Waals surface area contributed by atoms with E-state index >= 15 is 0 Å². The Hall–Kier alpha value is -1.81. The third-order valence-corrected chi connectivity index (χ3v) is 3.53. The fourth-order valence-electron chi connectivity index (χ4n) is 2.39. The maximum absolute atomic E-state index is 13.4. The van der Waals surface area contributed by atoms with Crippen LogP contribution in [0.3, 0.4) is 0 Å². The van der Waals surface area contributed by atoms with Gasteiger partial charge in [0.25, 0.3) is 0 Å². The van der Waals surface area contributed by atoms with Crippen molar-refractivity contribution in [3.63, 3.8) is 0 Å². The van der Waals surface area contributed by atoms with Crippen molar-refractivity contribution < 1.29 is 13.2 Å². The Labute approximate surface area is 122 Å². The largest absolute Gasteiger partial charge is 0.310 e. The SMILES string of the molecule is CCNC(Cc1ccc(F)cc1C)c1ccc(F)c(F)c1. The van der Waals surface area contributed by atoms with E-state index in [4.69, 9.17) is 0 Å². The summed E-state index contributed by atoms with van der Waals surface area (Å²) in [5.74, 6) is -1.98. The highest BCUT2D eigenvalue weighted by Crippen LogP contribution is 2.22. The first-order valence-electron chi connectivity index (χ1n) is 6.94. The van der Waals surface area contributed by atoms with Crippen LogP contribution >= 0.6 is 0 Å². The summed E-state index contributed by atoms with van der Waals surface area (Å²) in [5, 5.41) is 3.25. The third kappa shape index (κ3) is 3.85. The molecule has 21 heavy (non-hydrogen) atoms. The van der Waals surface area contributed by atoms with Crippen molar-refractivity contribution in [1.29, 1.82) is 0 Å². The monoisotopic (exact) mass is 293 g/mol. The average Bonchev–Trinajstić information content (AvgIpc) is 2.44. The van der Waals surface area contributed by atoms with Gasteiger partial charge in [0.2, 0.25) is 0 Å². The Morgan fingerprint density at radius 2 is 1.76 bits per heavy atom. The molecule has 0 spiro atoms. The van der Waals surface area contributed by atoms with Crippen LogP contribution in [0.1, 0.15) is 29.7 Å². The molecule has 4 heteroatoms. The smallest absolute Gasteiger partial charge is 0.159 e. The van der Waals surface area contributed by atoms with Gasteiger partial charge in [-0.05, 0) is 60.8 Å². The maximum Gasteiger partial charge on any atom is 0.159 e. The number of hydrogen-bond donors (Lipinski definition) is 1. The molecule has 0 saturated heterocycles. The average molecular weight is 293 g/mol. The second-order valence-corrected chi connectivity index (χ2v) is 5.06. The molecular formula is C17H18F3N. The van der Waals surface area contributed by atoms with E-state index in [1.165, 1.54) is 18.2 Å². The zero-order chi connectivity index (χ0) is 15.4. The summed E-state index contributed by atoms with van der Waals surface area (Å²) in [6.45, 7) is 4.49. The first-order valence-corrected chi connectivity index (χ1v) is 6.94. The lowest BCUT2D eigenvalue weighted by Crippen LogP contribution is -2.23. The number of halogens is 3. The van der Waals surface area contributed by atoms with Crippen LogP contribution in [-0.2, 0) is 6.42 Å². The summed E-state index contributed by atoms with van der Waals surface area (Å²) in [6, 6.07) is 8.39. The van der Waals surface area contributed by atoms with E-state index in [9.17, 15) is 13.2 Å². The van der Waals surface area contributed by atoms with Crippen LogP contribution in [-0.4, -0.2) is 6.54 Å². The summed E-state index contributed by atoms with van der Waals surface area (Å²) in [5.41, 5.74) is 2.51. The lowest BCUT2D eigenvalue weighted by atomic mass is 9.96. The maximum atomic E-state index is 13.4. The van der Waals surface area contributed by atoms with E-state index in [0.717, 1.165) is 17.2 Å². The normalized spacial score (nSPS) is 12.4. The lowest BCUT2D eigenvalue weighted by Gasteiger charge is -2.20. The molecule has 0 fully saturated rings. The Kier molecular flexibility index (Phi) is 5.02. The third-order valence-electron chi connectivity index (χ3n) is 3.53. The molecule has 1 atom stereocenters. The molecule has 1 unspecified atom stereocenters. The molecular weight excluding hydrogens is 275 g/mol. The van der Waals surface area contributed by atoms with Gasteiger partial charge >= 0.3 is 0 Å². The Morgan fingerprint density at radius 1 is 1.00 bits per heavy atom. The zero-order valence-corrected chi connectivity index (χ0v) is 12.1. The lowest BCUT2D eigenvalue weighted by molar-refractivity contribution is 0.497. The molecule has 2 aromatic rings. The summed E-state index contributed by atoms with van der Waals surface area (Å²) < 4.78 is 39.6. The summed E-state index contributed by atoms with van der Waals surface area (Å²) in [6.07, 6.45) is 0.588. The fourth-order valence-corrected chi connectivity index (χ4v) is 2.39. The van der Waals surface area contributed by atoms with Crippen molar-refractivity contribution in [2.45, 2.75) is 26.3 Å². The molecule has 1 nitrogen and oxygen atoms in total. The molecule has 2 rings (SSSR count). The van der Waals surface area contributed by atoms with Gasteiger partial charge < -0.3 is 5.32 Å². The number of hydrogen-bond acceptors (Lipinski definition) is 1. The van der Waals surface area contributed by atoms with Gasteiger partial charge in [0.05, 0.1) is 0 Å². The van der Waals surface area contributed by atoms with Crippen molar-refractivity contribution in [1.82, 2.24) is 5.32 Å². The van der Waals surface area contributed by atoms with E-state index < -0.39 is 11.6 Å². The quantitative estimate of drug-likeness (QED) is 0.866. The van der Waals surface area contributed by atoms with E-state index in [2.05, 4.69) is 5.32 Å². The number of aryl methyl sites for hydroxylation is 1. The van der Waals surface area contributed by atoms with Crippen molar-refractivity contribution in [3.05, 3.63) is 70.5 Å².